The van der Waals surface area contributed by atoms with Gasteiger partial charge in [-0.05, 0) is 54.3 Å². The van der Waals surface area contributed by atoms with Gasteiger partial charge in [-0.3, -0.25) is 9.59 Å². The van der Waals surface area contributed by atoms with E-state index in [-0.39, 0.29) is 19.1 Å². The first-order chi connectivity index (χ1) is 13.0. The lowest BCUT2D eigenvalue weighted by Crippen LogP contribution is -2.34. The Bertz CT molecular complexity index is 823. The highest BCUT2D eigenvalue weighted by atomic mass is 35.5. The summed E-state index contributed by atoms with van der Waals surface area (Å²) in [5.74, 6) is -0.507. The van der Waals surface area contributed by atoms with Crippen LogP contribution in [0.1, 0.15) is 11.1 Å². The van der Waals surface area contributed by atoms with Gasteiger partial charge in [-0.2, -0.15) is 0 Å². The lowest BCUT2D eigenvalue weighted by atomic mass is 9.97. The molecule has 0 aromatic heterocycles. The highest BCUT2D eigenvalue weighted by molar-refractivity contribution is 6.30. The Balaban J connectivity index is 1.40. The lowest BCUT2D eigenvalue weighted by Gasteiger charge is -2.24. The summed E-state index contributed by atoms with van der Waals surface area (Å²) in [5, 5.41) is 3.99. The molecule has 1 aliphatic heterocycles. The molecule has 0 bridgehead atoms. The van der Waals surface area contributed by atoms with Gasteiger partial charge in [0.1, 0.15) is 12.4 Å². The van der Waals surface area contributed by atoms with Crippen LogP contribution in [-0.4, -0.2) is 31.6 Å². The van der Waals surface area contributed by atoms with Crippen LogP contribution in [0, 0.1) is 5.92 Å². The first kappa shape index (κ1) is 19.5. The van der Waals surface area contributed by atoms with Crippen LogP contribution in [-0.2, 0) is 27.2 Å². The molecule has 0 aliphatic carbocycles. The number of fused-ring (bicyclic) bond motifs is 1. The van der Waals surface area contributed by atoms with Gasteiger partial charge in [0, 0.05) is 16.6 Å². The summed E-state index contributed by atoms with van der Waals surface area (Å²) in [5.41, 5.74) is 1.93. The van der Waals surface area contributed by atoms with Gasteiger partial charge in [0.15, 0.2) is 6.61 Å². The fourth-order valence-electron chi connectivity index (χ4n) is 2.82. The summed E-state index contributed by atoms with van der Waals surface area (Å²) in [6, 6.07) is 12.7. The number of rotatable bonds is 6. The van der Waals surface area contributed by atoms with Gasteiger partial charge < -0.3 is 14.8 Å². The van der Waals surface area contributed by atoms with E-state index in [0.717, 1.165) is 16.9 Å². The standard InChI is InChI=1S/C20H19Cl2NO4/c21-16-3-1-13(2-4-16)7-8-23-19(24)12-27-20(25)15-9-14-10-17(22)5-6-18(14)26-11-15/h1-6,10,15H,7-9,11-12H2,(H,23,24)/t15-/m0/s1. The highest BCUT2D eigenvalue weighted by Crippen LogP contribution is 2.30. The quantitative estimate of drug-likeness (QED) is 0.744. The van der Waals surface area contributed by atoms with Gasteiger partial charge in [0.05, 0.1) is 5.92 Å². The number of ether oxygens (including phenoxy) is 2. The second-order valence-electron chi connectivity index (χ2n) is 6.30. The van der Waals surface area contributed by atoms with Crippen molar-refractivity contribution >= 4 is 35.1 Å². The minimum Gasteiger partial charge on any atom is -0.492 e. The van der Waals surface area contributed by atoms with Crippen LogP contribution in [0.3, 0.4) is 0 Å². The van der Waals surface area contributed by atoms with E-state index in [0.29, 0.717) is 29.4 Å². The van der Waals surface area contributed by atoms with Gasteiger partial charge in [-0.15, -0.1) is 0 Å². The smallest absolute Gasteiger partial charge is 0.313 e. The third-order valence-electron chi connectivity index (χ3n) is 4.26. The summed E-state index contributed by atoms with van der Waals surface area (Å²) < 4.78 is 10.7. The number of hydrogen-bond donors (Lipinski definition) is 1. The molecule has 1 atom stereocenters. The topological polar surface area (TPSA) is 64.6 Å². The van der Waals surface area contributed by atoms with Gasteiger partial charge in [-0.25, -0.2) is 0 Å². The molecule has 0 radical (unpaired) electrons. The van der Waals surface area contributed by atoms with E-state index in [2.05, 4.69) is 5.32 Å². The molecule has 3 rings (SSSR count). The van der Waals surface area contributed by atoms with E-state index < -0.39 is 11.9 Å². The molecule has 7 heteroatoms. The summed E-state index contributed by atoms with van der Waals surface area (Å²) in [7, 11) is 0. The van der Waals surface area contributed by atoms with Gasteiger partial charge in [0.25, 0.3) is 5.91 Å². The number of carbonyl (C=O) groups is 2. The number of benzene rings is 2. The first-order valence-corrected chi connectivity index (χ1v) is 9.36. The monoisotopic (exact) mass is 407 g/mol. The number of nitrogens with one attached hydrogen (secondary N) is 1. The normalized spacial score (nSPS) is 15.4. The SMILES string of the molecule is O=C(COC(=O)[C@@H]1COc2ccc(Cl)cc2C1)NCCc1ccc(Cl)cc1. The Kier molecular flexibility index (Phi) is 6.58. The van der Waals surface area contributed by atoms with Crippen LogP contribution in [0.5, 0.6) is 5.75 Å². The Morgan fingerprint density at radius 2 is 1.85 bits per heavy atom. The molecular formula is C20H19Cl2NO4. The van der Waals surface area contributed by atoms with Crippen LogP contribution in [0.4, 0.5) is 0 Å². The van der Waals surface area contributed by atoms with Crippen molar-refractivity contribution < 1.29 is 19.1 Å². The molecule has 1 heterocycles. The molecule has 27 heavy (non-hydrogen) atoms. The average Bonchev–Trinajstić information content (AvgIpc) is 2.67. The minimum absolute atomic E-state index is 0.228. The Labute approximate surface area is 167 Å². The maximum absolute atomic E-state index is 12.2. The molecule has 0 unspecified atom stereocenters. The third-order valence-corrected chi connectivity index (χ3v) is 4.74. The molecule has 0 saturated heterocycles. The van der Waals surface area contributed by atoms with E-state index in [1.807, 2.05) is 12.1 Å². The molecule has 1 N–H and O–H groups in total. The fourth-order valence-corrected chi connectivity index (χ4v) is 3.14. The molecule has 5 nitrogen and oxygen atoms in total. The second-order valence-corrected chi connectivity index (χ2v) is 7.17. The molecule has 0 spiro atoms. The lowest BCUT2D eigenvalue weighted by molar-refractivity contribution is -0.153. The van der Waals surface area contributed by atoms with E-state index in [1.54, 1.807) is 30.3 Å². The van der Waals surface area contributed by atoms with Crippen LogP contribution in [0.2, 0.25) is 10.0 Å². The fraction of sp³-hybridized carbons (Fsp3) is 0.300. The molecule has 2 aromatic carbocycles. The summed E-state index contributed by atoms with van der Waals surface area (Å²) in [6.45, 7) is 0.375. The molecule has 1 aliphatic rings. The van der Waals surface area contributed by atoms with Crippen LogP contribution >= 0.6 is 23.2 Å². The Morgan fingerprint density at radius 3 is 2.63 bits per heavy atom. The zero-order valence-corrected chi connectivity index (χ0v) is 16.1. The number of halogens is 2. The number of hydrogen-bond acceptors (Lipinski definition) is 4. The van der Waals surface area contributed by atoms with Gasteiger partial charge >= 0.3 is 5.97 Å². The number of amides is 1. The van der Waals surface area contributed by atoms with Crippen molar-refractivity contribution in [2.75, 3.05) is 19.8 Å². The molecule has 1 amide bonds. The van der Waals surface area contributed by atoms with Crippen molar-refractivity contribution in [2.24, 2.45) is 5.92 Å². The summed E-state index contributed by atoms with van der Waals surface area (Å²) >= 11 is 11.8. The van der Waals surface area contributed by atoms with E-state index in [9.17, 15) is 9.59 Å². The predicted octanol–water partition coefficient (Wildman–Crippen LogP) is 3.45. The number of carbonyl (C=O) groups excluding carboxylic acids is 2. The van der Waals surface area contributed by atoms with Crippen molar-refractivity contribution in [3.63, 3.8) is 0 Å². The maximum atomic E-state index is 12.2. The van der Waals surface area contributed by atoms with Crippen LogP contribution in [0.25, 0.3) is 0 Å². The van der Waals surface area contributed by atoms with Crippen molar-refractivity contribution in [3.05, 3.63) is 63.6 Å². The van der Waals surface area contributed by atoms with E-state index in [4.69, 9.17) is 32.7 Å². The Hall–Kier alpha value is -2.24. The second kappa shape index (κ2) is 9.11. The van der Waals surface area contributed by atoms with Crippen molar-refractivity contribution in [1.29, 1.82) is 0 Å². The predicted molar refractivity (Wildman–Crippen MR) is 103 cm³/mol. The van der Waals surface area contributed by atoms with E-state index >= 15 is 0 Å². The van der Waals surface area contributed by atoms with E-state index in [1.165, 1.54) is 0 Å². The largest absolute Gasteiger partial charge is 0.492 e. The molecular weight excluding hydrogens is 389 g/mol. The van der Waals surface area contributed by atoms with Gasteiger partial charge in [-0.1, -0.05) is 35.3 Å². The zero-order valence-electron chi connectivity index (χ0n) is 14.5. The maximum Gasteiger partial charge on any atom is 0.313 e. The first-order valence-electron chi connectivity index (χ1n) is 8.60. The van der Waals surface area contributed by atoms with Crippen LogP contribution < -0.4 is 10.1 Å². The summed E-state index contributed by atoms with van der Waals surface area (Å²) in [4.78, 5) is 24.1. The number of esters is 1. The highest BCUT2D eigenvalue weighted by Gasteiger charge is 2.27. The molecule has 0 saturated carbocycles. The summed E-state index contributed by atoms with van der Waals surface area (Å²) in [6.07, 6.45) is 1.15. The van der Waals surface area contributed by atoms with Crippen molar-refractivity contribution in [3.8, 4) is 5.75 Å². The third kappa shape index (κ3) is 5.62. The van der Waals surface area contributed by atoms with Gasteiger partial charge in [0.2, 0.25) is 0 Å². The molecule has 2 aromatic rings. The van der Waals surface area contributed by atoms with Crippen molar-refractivity contribution in [1.82, 2.24) is 5.32 Å². The molecule has 142 valence electrons. The van der Waals surface area contributed by atoms with Crippen molar-refractivity contribution in [2.45, 2.75) is 12.8 Å². The zero-order chi connectivity index (χ0) is 19.2. The van der Waals surface area contributed by atoms with Crippen LogP contribution in [0.15, 0.2) is 42.5 Å². The Morgan fingerprint density at radius 1 is 1.11 bits per heavy atom. The molecule has 0 fully saturated rings. The average molecular weight is 408 g/mol. The minimum atomic E-state index is -0.450.